The van der Waals surface area contributed by atoms with E-state index in [4.69, 9.17) is 4.74 Å². The van der Waals surface area contributed by atoms with Crippen molar-refractivity contribution >= 4 is 23.1 Å². The maximum Gasteiger partial charge on any atom is 0.299 e. The molecule has 1 aromatic rings. The fourth-order valence-corrected chi connectivity index (χ4v) is 2.69. The Morgan fingerprint density at radius 2 is 1.91 bits per heavy atom. The second-order valence-electron chi connectivity index (χ2n) is 5.20. The normalized spacial score (nSPS) is 18.6. The van der Waals surface area contributed by atoms with Gasteiger partial charge >= 0.3 is 0 Å². The number of amides is 1. The molecule has 0 aromatic heterocycles. The van der Waals surface area contributed by atoms with Gasteiger partial charge in [-0.2, -0.15) is 0 Å². The summed E-state index contributed by atoms with van der Waals surface area (Å²) >= 11 is 0. The lowest BCUT2D eigenvalue weighted by atomic mass is 10.1. The van der Waals surface area contributed by atoms with Gasteiger partial charge in [0.05, 0.1) is 29.4 Å². The van der Waals surface area contributed by atoms with Gasteiger partial charge in [-0.1, -0.05) is 0 Å². The summed E-state index contributed by atoms with van der Waals surface area (Å²) in [6.07, 6.45) is 0. The molecule has 0 aliphatic carbocycles. The Morgan fingerprint density at radius 1 is 1.18 bits per heavy atom. The minimum absolute atomic E-state index is 0.112. The molecular weight excluding hydrogens is 290 g/mol. The van der Waals surface area contributed by atoms with Crippen LogP contribution in [0.25, 0.3) is 0 Å². The smallest absolute Gasteiger partial charge is 0.299 e. The second-order valence-corrected chi connectivity index (χ2v) is 5.20. The molecule has 2 aliphatic rings. The first kappa shape index (κ1) is 14.6. The number of anilines is 1. The van der Waals surface area contributed by atoms with Crippen LogP contribution in [0.1, 0.15) is 10.4 Å². The number of nitrogens with zero attached hydrogens (tertiary/aromatic N) is 3. The van der Waals surface area contributed by atoms with Gasteiger partial charge in [-0.15, -0.1) is 0 Å². The van der Waals surface area contributed by atoms with Crippen molar-refractivity contribution in [2.75, 3.05) is 44.3 Å². The van der Waals surface area contributed by atoms with E-state index < -0.39 is 16.6 Å². The number of morpholine rings is 1. The van der Waals surface area contributed by atoms with Crippen LogP contribution in [0.15, 0.2) is 18.2 Å². The SMILES string of the molecule is O=C1C(=O)N(CCN2CCOCC2)c2ccc([N+](=O)[O-])cc21. The molecule has 0 bridgehead atoms. The van der Waals surface area contributed by atoms with E-state index >= 15 is 0 Å². The van der Waals surface area contributed by atoms with Crippen LogP contribution >= 0.6 is 0 Å². The molecule has 0 spiro atoms. The third-order valence-electron chi connectivity index (χ3n) is 3.91. The molecule has 8 nitrogen and oxygen atoms in total. The van der Waals surface area contributed by atoms with E-state index in [1.807, 2.05) is 0 Å². The molecule has 3 rings (SSSR count). The van der Waals surface area contributed by atoms with Crippen molar-refractivity contribution in [3.8, 4) is 0 Å². The highest BCUT2D eigenvalue weighted by Gasteiger charge is 2.37. The number of Topliss-reactive ketones (excluding diaryl/α,β-unsaturated/α-hetero) is 1. The van der Waals surface area contributed by atoms with Crippen LogP contribution in [-0.2, 0) is 9.53 Å². The topological polar surface area (TPSA) is 93.0 Å². The largest absolute Gasteiger partial charge is 0.379 e. The average Bonchev–Trinajstić information content (AvgIpc) is 2.77. The average molecular weight is 305 g/mol. The molecule has 1 saturated heterocycles. The first-order chi connectivity index (χ1) is 10.6. The van der Waals surface area contributed by atoms with E-state index in [1.165, 1.54) is 23.1 Å². The lowest BCUT2D eigenvalue weighted by Crippen LogP contribution is -2.42. The zero-order valence-electron chi connectivity index (χ0n) is 11.9. The van der Waals surface area contributed by atoms with E-state index in [0.717, 1.165) is 13.1 Å². The van der Waals surface area contributed by atoms with Crippen LogP contribution in [0, 0.1) is 10.1 Å². The summed E-state index contributed by atoms with van der Waals surface area (Å²) in [6, 6.07) is 3.95. The number of benzene rings is 1. The van der Waals surface area contributed by atoms with Gasteiger partial charge in [-0.3, -0.25) is 24.6 Å². The predicted octanol–water partition coefficient (Wildman–Crippen LogP) is 0.456. The Kier molecular flexibility index (Phi) is 3.86. The molecule has 2 aliphatic heterocycles. The number of ketones is 1. The predicted molar refractivity (Wildman–Crippen MR) is 77.0 cm³/mol. The highest BCUT2D eigenvalue weighted by Crippen LogP contribution is 2.31. The summed E-state index contributed by atoms with van der Waals surface area (Å²) in [5, 5.41) is 10.8. The number of hydrogen-bond donors (Lipinski definition) is 0. The fraction of sp³-hybridized carbons (Fsp3) is 0.429. The van der Waals surface area contributed by atoms with Crippen LogP contribution in [0.5, 0.6) is 0 Å². The molecule has 0 unspecified atom stereocenters. The molecule has 0 atom stereocenters. The Balaban J connectivity index is 1.77. The van der Waals surface area contributed by atoms with Gasteiger partial charge in [0, 0.05) is 38.3 Å². The quantitative estimate of drug-likeness (QED) is 0.456. The van der Waals surface area contributed by atoms with E-state index in [-0.39, 0.29) is 11.3 Å². The number of nitro benzene ring substituents is 1. The summed E-state index contributed by atoms with van der Waals surface area (Å²) in [6.45, 7) is 3.94. The van der Waals surface area contributed by atoms with Crippen molar-refractivity contribution in [2.45, 2.75) is 0 Å². The maximum absolute atomic E-state index is 12.1. The van der Waals surface area contributed by atoms with Crippen LogP contribution in [-0.4, -0.2) is 60.9 Å². The minimum Gasteiger partial charge on any atom is -0.379 e. The third kappa shape index (κ3) is 2.58. The Labute approximate surface area is 126 Å². The number of ether oxygens (including phenoxy) is 1. The zero-order valence-corrected chi connectivity index (χ0v) is 11.9. The summed E-state index contributed by atoms with van der Waals surface area (Å²) in [4.78, 5) is 37.8. The first-order valence-corrected chi connectivity index (χ1v) is 7.02. The van der Waals surface area contributed by atoms with E-state index in [1.54, 1.807) is 0 Å². The Bertz CT molecular complexity index is 639. The summed E-state index contributed by atoms with van der Waals surface area (Å²) < 4.78 is 5.26. The summed E-state index contributed by atoms with van der Waals surface area (Å²) in [5.74, 6) is -1.30. The van der Waals surface area contributed by atoms with E-state index in [2.05, 4.69) is 4.90 Å². The molecule has 1 aromatic carbocycles. The molecule has 8 heteroatoms. The van der Waals surface area contributed by atoms with Crippen molar-refractivity contribution in [1.82, 2.24) is 4.90 Å². The first-order valence-electron chi connectivity index (χ1n) is 7.02. The molecule has 116 valence electrons. The van der Waals surface area contributed by atoms with Crippen molar-refractivity contribution in [1.29, 1.82) is 0 Å². The summed E-state index contributed by atoms with van der Waals surface area (Å²) in [7, 11) is 0. The van der Waals surface area contributed by atoms with Crippen molar-refractivity contribution in [2.24, 2.45) is 0 Å². The van der Waals surface area contributed by atoms with Gasteiger partial charge in [0.15, 0.2) is 0 Å². The zero-order chi connectivity index (χ0) is 15.7. The number of hydrogen-bond acceptors (Lipinski definition) is 6. The third-order valence-corrected chi connectivity index (χ3v) is 3.91. The molecule has 22 heavy (non-hydrogen) atoms. The van der Waals surface area contributed by atoms with Gasteiger partial charge in [0.25, 0.3) is 17.4 Å². The highest BCUT2D eigenvalue weighted by atomic mass is 16.6. The number of carbonyl (C=O) groups excluding carboxylic acids is 2. The number of fused-ring (bicyclic) bond motifs is 1. The monoisotopic (exact) mass is 305 g/mol. The number of non-ortho nitro benzene ring substituents is 1. The van der Waals surface area contributed by atoms with Crippen molar-refractivity contribution < 1.29 is 19.2 Å². The number of nitro groups is 1. The van der Waals surface area contributed by atoms with Crippen LogP contribution in [0.4, 0.5) is 11.4 Å². The standard InChI is InChI=1S/C14H15N3O5/c18-13-11-9-10(17(20)21)1-2-12(11)16(14(13)19)4-3-15-5-7-22-8-6-15/h1-2,9H,3-8H2. The van der Waals surface area contributed by atoms with Gasteiger partial charge in [-0.05, 0) is 6.07 Å². The molecule has 1 fully saturated rings. The lowest BCUT2D eigenvalue weighted by Gasteiger charge is -2.28. The highest BCUT2D eigenvalue weighted by molar-refractivity contribution is 6.52. The van der Waals surface area contributed by atoms with Gasteiger partial charge in [0.1, 0.15) is 0 Å². The van der Waals surface area contributed by atoms with Gasteiger partial charge in [0.2, 0.25) is 0 Å². The second kappa shape index (κ2) is 5.82. The van der Waals surface area contributed by atoms with Crippen LogP contribution in [0.2, 0.25) is 0 Å². The number of carbonyl (C=O) groups is 2. The molecular formula is C14H15N3O5. The maximum atomic E-state index is 12.1. The summed E-state index contributed by atoms with van der Waals surface area (Å²) in [5.41, 5.74) is 0.380. The van der Waals surface area contributed by atoms with Gasteiger partial charge in [-0.25, -0.2) is 0 Å². The van der Waals surface area contributed by atoms with Crippen LogP contribution in [0.3, 0.4) is 0 Å². The Morgan fingerprint density at radius 3 is 2.59 bits per heavy atom. The van der Waals surface area contributed by atoms with E-state index in [9.17, 15) is 19.7 Å². The molecule has 0 N–H and O–H groups in total. The lowest BCUT2D eigenvalue weighted by molar-refractivity contribution is -0.384. The van der Waals surface area contributed by atoms with E-state index in [0.29, 0.717) is 32.0 Å². The number of rotatable bonds is 4. The van der Waals surface area contributed by atoms with Crippen LogP contribution < -0.4 is 4.90 Å². The molecule has 2 heterocycles. The molecule has 0 radical (unpaired) electrons. The Hall–Kier alpha value is -2.32. The van der Waals surface area contributed by atoms with Crippen molar-refractivity contribution in [3.05, 3.63) is 33.9 Å². The molecule has 0 saturated carbocycles. The minimum atomic E-state index is -0.680. The fourth-order valence-electron chi connectivity index (χ4n) is 2.69. The molecule has 1 amide bonds. The van der Waals surface area contributed by atoms with Gasteiger partial charge < -0.3 is 9.64 Å². The van der Waals surface area contributed by atoms with Crippen molar-refractivity contribution in [3.63, 3.8) is 0 Å².